The van der Waals surface area contributed by atoms with Gasteiger partial charge >= 0.3 is 5.69 Å². The van der Waals surface area contributed by atoms with E-state index in [1.807, 2.05) is 0 Å². The van der Waals surface area contributed by atoms with Crippen molar-refractivity contribution in [2.75, 3.05) is 13.7 Å². The van der Waals surface area contributed by atoms with Gasteiger partial charge in [0, 0.05) is 7.11 Å². The second-order valence-corrected chi connectivity index (χ2v) is 6.40. The van der Waals surface area contributed by atoms with Gasteiger partial charge in [-0.3, -0.25) is 14.3 Å². The van der Waals surface area contributed by atoms with Crippen molar-refractivity contribution >= 4 is 11.6 Å². The Morgan fingerprint density at radius 1 is 1.35 bits per heavy atom. The number of rotatable bonds is 4. The van der Waals surface area contributed by atoms with Crippen LogP contribution in [0.25, 0.3) is 0 Å². The summed E-state index contributed by atoms with van der Waals surface area (Å²) in [4.78, 5) is 27.4. The van der Waals surface area contributed by atoms with E-state index in [1.165, 1.54) is 4.57 Å². The van der Waals surface area contributed by atoms with Gasteiger partial charge in [0.15, 0.2) is 0 Å². The maximum absolute atomic E-state index is 12.7. The third kappa shape index (κ3) is 2.69. The summed E-state index contributed by atoms with van der Waals surface area (Å²) in [6.07, 6.45) is 4.10. The molecule has 1 aliphatic rings. The minimum absolute atomic E-state index is 0.149. The second-order valence-electron chi connectivity index (χ2n) is 6.03. The highest BCUT2D eigenvalue weighted by molar-refractivity contribution is 6.30. The van der Waals surface area contributed by atoms with Crippen molar-refractivity contribution < 1.29 is 4.74 Å². The third-order valence-corrected chi connectivity index (χ3v) is 4.25. The van der Waals surface area contributed by atoms with Gasteiger partial charge < -0.3 is 4.74 Å². The first-order valence-electron chi connectivity index (χ1n) is 6.92. The lowest BCUT2D eigenvalue weighted by atomic mass is 9.99. The molecule has 0 saturated heterocycles. The van der Waals surface area contributed by atoms with Crippen LogP contribution >= 0.6 is 11.6 Å². The average molecular weight is 301 g/mol. The summed E-state index contributed by atoms with van der Waals surface area (Å²) in [7, 11) is 1.55. The average Bonchev–Trinajstić information content (AvgIpc) is 2.80. The standard InChI is InChI=1S/C14H21ClN2O3/c1-14(2,8-20-3)17-12(18)10(9-6-4-5-7-9)11(15)16-13(17)19/h9H,4-8H2,1-3H3,(H,16,19). The molecule has 1 aromatic rings. The molecule has 112 valence electrons. The molecule has 20 heavy (non-hydrogen) atoms. The van der Waals surface area contributed by atoms with Crippen LogP contribution < -0.4 is 11.2 Å². The minimum atomic E-state index is -0.711. The van der Waals surface area contributed by atoms with Crippen molar-refractivity contribution in [3.63, 3.8) is 0 Å². The van der Waals surface area contributed by atoms with Gasteiger partial charge in [-0.2, -0.15) is 0 Å². The van der Waals surface area contributed by atoms with E-state index in [4.69, 9.17) is 16.3 Å². The van der Waals surface area contributed by atoms with E-state index in [2.05, 4.69) is 4.98 Å². The molecule has 6 heteroatoms. The zero-order valence-corrected chi connectivity index (χ0v) is 12.9. The number of hydrogen-bond donors (Lipinski definition) is 1. The molecule has 2 rings (SSSR count). The molecule has 1 N–H and O–H groups in total. The fraction of sp³-hybridized carbons (Fsp3) is 0.714. The Kier molecular flexibility index (Phi) is 4.39. The minimum Gasteiger partial charge on any atom is -0.382 e. The van der Waals surface area contributed by atoms with Gasteiger partial charge in [0.25, 0.3) is 5.56 Å². The predicted octanol–water partition coefficient (Wildman–Crippen LogP) is 2.23. The Labute approximate surface area is 122 Å². The van der Waals surface area contributed by atoms with Crippen LogP contribution in [0.15, 0.2) is 9.59 Å². The maximum atomic E-state index is 12.7. The van der Waals surface area contributed by atoms with Gasteiger partial charge in [-0.05, 0) is 32.6 Å². The highest BCUT2D eigenvalue weighted by Crippen LogP contribution is 2.34. The number of aromatic amines is 1. The quantitative estimate of drug-likeness (QED) is 0.867. The van der Waals surface area contributed by atoms with E-state index in [-0.39, 0.29) is 23.2 Å². The van der Waals surface area contributed by atoms with E-state index >= 15 is 0 Å². The molecule has 0 amide bonds. The van der Waals surface area contributed by atoms with Crippen LogP contribution in [-0.2, 0) is 10.3 Å². The predicted molar refractivity (Wildman–Crippen MR) is 78.7 cm³/mol. The van der Waals surface area contributed by atoms with Gasteiger partial charge in [-0.1, -0.05) is 24.4 Å². The highest BCUT2D eigenvalue weighted by atomic mass is 35.5. The van der Waals surface area contributed by atoms with Crippen LogP contribution in [0.3, 0.4) is 0 Å². The number of nitrogens with zero attached hydrogens (tertiary/aromatic N) is 1. The fourth-order valence-corrected chi connectivity index (χ4v) is 3.38. The maximum Gasteiger partial charge on any atom is 0.330 e. The van der Waals surface area contributed by atoms with Gasteiger partial charge in [0.2, 0.25) is 0 Å². The van der Waals surface area contributed by atoms with Crippen molar-refractivity contribution in [1.82, 2.24) is 9.55 Å². The van der Waals surface area contributed by atoms with E-state index in [0.29, 0.717) is 5.56 Å². The van der Waals surface area contributed by atoms with Crippen LogP contribution in [0.5, 0.6) is 0 Å². The lowest BCUT2D eigenvalue weighted by Crippen LogP contribution is -2.50. The molecule has 0 atom stereocenters. The van der Waals surface area contributed by atoms with Crippen LogP contribution in [0.2, 0.25) is 5.15 Å². The number of hydrogen-bond acceptors (Lipinski definition) is 3. The number of nitrogens with one attached hydrogen (secondary N) is 1. The van der Waals surface area contributed by atoms with Crippen molar-refractivity contribution in [3.05, 3.63) is 31.6 Å². The third-order valence-electron chi connectivity index (χ3n) is 3.96. The van der Waals surface area contributed by atoms with E-state index in [1.54, 1.807) is 21.0 Å². The van der Waals surface area contributed by atoms with E-state index < -0.39 is 11.2 Å². The van der Waals surface area contributed by atoms with Crippen LogP contribution in [0, 0.1) is 0 Å². The molecule has 0 unspecified atom stereocenters. The Morgan fingerprint density at radius 3 is 2.50 bits per heavy atom. The Bertz CT molecular complexity index is 597. The second kappa shape index (κ2) is 5.74. The van der Waals surface area contributed by atoms with Crippen molar-refractivity contribution in [2.45, 2.75) is 51.0 Å². The molecule has 1 fully saturated rings. The van der Waals surface area contributed by atoms with Crippen LogP contribution in [0.4, 0.5) is 0 Å². The largest absolute Gasteiger partial charge is 0.382 e. The number of halogens is 1. The summed E-state index contributed by atoms with van der Waals surface area (Å²) in [5.41, 5.74) is -0.929. The smallest absolute Gasteiger partial charge is 0.330 e. The number of ether oxygens (including phenoxy) is 1. The summed E-state index contributed by atoms with van der Waals surface area (Å²) in [6, 6.07) is 0. The zero-order chi connectivity index (χ0) is 14.9. The van der Waals surface area contributed by atoms with E-state index in [9.17, 15) is 9.59 Å². The molecular weight excluding hydrogens is 280 g/mol. The fourth-order valence-electron chi connectivity index (χ4n) is 3.06. The molecular formula is C14H21ClN2O3. The lowest BCUT2D eigenvalue weighted by Gasteiger charge is -2.26. The number of H-pyrrole nitrogens is 1. The topological polar surface area (TPSA) is 64.1 Å². The molecule has 1 heterocycles. The molecule has 1 aliphatic carbocycles. The van der Waals surface area contributed by atoms with Crippen LogP contribution in [-0.4, -0.2) is 23.3 Å². The lowest BCUT2D eigenvalue weighted by molar-refractivity contribution is 0.104. The summed E-state index contributed by atoms with van der Waals surface area (Å²) in [5.74, 6) is 0.149. The summed E-state index contributed by atoms with van der Waals surface area (Å²) < 4.78 is 6.35. The first-order chi connectivity index (χ1) is 9.38. The SMILES string of the molecule is COCC(C)(C)n1c(=O)[nH]c(Cl)c(C2CCCC2)c1=O. The van der Waals surface area contributed by atoms with Gasteiger partial charge in [-0.15, -0.1) is 0 Å². The van der Waals surface area contributed by atoms with Crippen molar-refractivity contribution in [2.24, 2.45) is 0 Å². The molecule has 0 bridgehead atoms. The number of aromatic nitrogens is 2. The first kappa shape index (κ1) is 15.3. The van der Waals surface area contributed by atoms with Gasteiger partial charge in [0.1, 0.15) is 5.15 Å². The van der Waals surface area contributed by atoms with Crippen molar-refractivity contribution in [3.8, 4) is 0 Å². The first-order valence-corrected chi connectivity index (χ1v) is 7.30. The van der Waals surface area contributed by atoms with Gasteiger partial charge in [-0.25, -0.2) is 4.79 Å². The normalized spacial score (nSPS) is 16.8. The zero-order valence-electron chi connectivity index (χ0n) is 12.2. The van der Waals surface area contributed by atoms with Crippen molar-refractivity contribution in [1.29, 1.82) is 0 Å². The molecule has 0 radical (unpaired) electrons. The Hall–Kier alpha value is -1.07. The van der Waals surface area contributed by atoms with E-state index in [0.717, 1.165) is 25.7 Å². The van der Waals surface area contributed by atoms with Crippen LogP contribution in [0.1, 0.15) is 51.0 Å². The Morgan fingerprint density at radius 2 is 1.95 bits per heavy atom. The number of methoxy groups -OCH3 is 1. The molecule has 5 nitrogen and oxygen atoms in total. The molecule has 1 saturated carbocycles. The summed E-state index contributed by atoms with van der Waals surface area (Å²) in [5, 5.41) is 0.191. The monoisotopic (exact) mass is 300 g/mol. The molecule has 0 spiro atoms. The molecule has 0 aromatic carbocycles. The summed E-state index contributed by atoms with van der Waals surface area (Å²) >= 11 is 6.11. The molecule has 0 aliphatic heterocycles. The highest BCUT2D eigenvalue weighted by Gasteiger charge is 2.30. The molecule has 1 aromatic heterocycles. The Balaban J connectivity index is 2.61. The van der Waals surface area contributed by atoms with Gasteiger partial charge in [0.05, 0.1) is 17.7 Å². The summed E-state index contributed by atoms with van der Waals surface area (Å²) in [6.45, 7) is 3.89.